The molecule has 0 spiro atoms. The van der Waals surface area contributed by atoms with Crippen LogP contribution in [0, 0.1) is 5.82 Å². The molecule has 4 heteroatoms. The number of hydrogen-bond donors (Lipinski definition) is 1. The zero-order valence-corrected chi connectivity index (χ0v) is 10.4. The van der Waals surface area contributed by atoms with Gasteiger partial charge in [-0.25, -0.2) is 4.39 Å². The van der Waals surface area contributed by atoms with Gasteiger partial charge in [0, 0.05) is 19.2 Å². The first-order chi connectivity index (χ1) is 7.65. The van der Waals surface area contributed by atoms with Crippen LogP contribution >= 0.6 is 11.6 Å². The van der Waals surface area contributed by atoms with Gasteiger partial charge in [-0.1, -0.05) is 23.7 Å². The van der Waals surface area contributed by atoms with Crippen LogP contribution in [-0.4, -0.2) is 19.3 Å². The molecule has 0 bridgehead atoms. The van der Waals surface area contributed by atoms with Gasteiger partial charge in [0.2, 0.25) is 0 Å². The molecular weight excluding hydrogens is 229 g/mol. The number of ether oxygens (including phenoxy) is 1. The fourth-order valence-electron chi connectivity index (χ4n) is 1.32. The molecule has 0 saturated carbocycles. The zero-order chi connectivity index (χ0) is 12.0. The first kappa shape index (κ1) is 13.4. The Morgan fingerprint density at radius 1 is 1.50 bits per heavy atom. The van der Waals surface area contributed by atoms with E-state index in [-0.39, 0.29) is 16.9 Å². The van der Waals surface area contributed by atoms with Crippen LogP contribution < -0.4 is 5.32 Å². The van der Waals surface area contributed by atoms with Crippen LogP contribution in [0.5, 0.6) is 0 Å². The first-order valence-electron chi connectivity index (χ1n) is 5.39. The van der Waals surface area contributed by atoms with Crippen molar-refractivity contribution in [3.8, 4) is 0 Å². The number of rotatable bonds is 6. The molecule has 0 amide bonds. The van der Waals surface area contributed by atoms with E-state index in [0.717, 1.165) is 5.56 Å². The van der Waals surface area contributed by atoms with Gasteiger partial charge >= 0.3 is 0 Å². The van der Waals surface area contributed by atoms with Crippen LogP contribution in [0.25, 0.3) is 0 Å². The lowest BCUT2D eigenvalue weighted by molar-refractivity contribution is 0.127. The Kier molecular flexibility index (Phi) is 5.74. The summed E-state index contributed by atoms with van der Waals surface area (Å²) in [6.07, 6.45) is 0. The maximum absolute atomic E-state index is 13.1. The SMILES string of the molecule is CCOCC(C)NCc1cccc(F)c1Cl. The van der Waals surface area contributed by atoms with Crippen molar-refractivity contribution in [1.82, 2.24) is 5.32 Å². The van der Waals surface area contributed by atoms with Gasteiger partial charge in [-0.3, -0.25) is 0 Å². The molecule has 1 aromatic rings. The lowest BCUT2D eigenvalue weighted by Crippen LogP contribution is -2.30. The van der Waals surface area contributed by atoms with Crippen molar-refractivity contribution in [2.24, 2.45) is 0 Å². The fraction of sp³-hybridized carbons (Fsp3) is 0.500. The zero-order valence-electron chi connectivity index (χ0n) is 9.59. The van der Waals surface area contributed by atoms with Gasteiger partial charge in [0.1, 0.15) is 5.82 Å². The van der Waals surface area contributed by atoms with Crippen LogP contribution in [-0.2, 0) is 11.3 Å². The maximum Gasteiger partial charge on any atom is 0.142 e. The molecule has 0 aliphatic carbocycles. The highest BCUT2D eigenvalue weighted by molar-refractivity contribution is 6.31. The summed E-state index contributed by atoms with van der Waals surface area (Å²) >= 11 is 5.83. The summed E-state index contributed by atoms with van der Waals surface area (Å²) in [5, 5.41) is 3.42. The van der Waals surface area contributed by atoms with Crippen molar-refractivity contribution in [2.75, 3.05) is 13.2 Å². The second kappa shape index (κ2) is 6.84. The van der Waals surface area contributed by atoms with E-state index in [0.29, 0.717) is 19.8 Å². The Morgan fingerprint density at radius 2 is 2.25 bits per heavy atom. The van der Waals surface area contributed by atoms with Gasteiger partial charge in [-0.15, -0.1) is 0 Å². The second-order valence-electron chi connectivity index (χ2n) is 3.65. The summed E-state index contributed by atoms with van der Waals surface area (Å²) in [6.45, 7) is 5.86. The average molecular weight is 246 g/mol. The molecule has 0 aliphatic heterocycles. The first-order valence-corrected chi connectivity index (χ1v) is 5.77. The molecule has 1 atom stereocenters. The minimum atomic E-state index is -0.376. The van der Waals surface area contributed by atoms with Crippen molar-refractivity contribution in [1.29, 1.82) is 0 Å². The maximum atomic E-state index is 13.1. The highest BCUT2D eigenvalue weighted by atomic mass is 35.5. The van der Waals surface area contributed by atoms with E-state index in [1.807, 2.05) is 19.9 Å². The quantitative estimate of drug-likeness (QED) is 0.832. The van der Waals surface area contributed by atoms with Crippen molar-refractivity contribution >= 4 is 11.6 Å². The topological polar surface area (TPSA) is 21.3 Å². The summed E-state index contributed by atoms with van der Waals surface area (Å²) in [5.41, 5.74) is 0.769. The van der Waals surface area contributed by atoms with E-state index in [4.69, 9.17) is 16.3 Å². The number of halogens is 2. The molecule has 1 aromatic carbocycles. The minimum absolute atomic E-state index is 0.193. The highest BCUT2D eigenvalue weighted by Crippen LogP contribution is 2.19. The Labute approximate surface area is 101 Å². The molecule has 0 radical (unpaired) electrons. The number of nitrogens with one attached hydrogen (secondary N) is 1. The van der Waals surface area contributed by atoms with Gasteiger partial charge < -0.3 is 10.1 Å². The smallest absolute Gasteiger partial charge is 0.142 e. The molecule has 1 N–H and O–H groups in total. The molecule has 1 unspecified atom stereocenters. The van der Waals surface area contributed by atoms with Crippen LogP contribution in [0.2, 0.25) is 5.02 Å². The summed E-state index contributed by atoms with van der Waals surface area (Å²) in [5.74, 6) is -0.376. The van der Waals surface area contributed by atoms with E-state index >= 15 is 0 Å². The van der Waals surface area contributed by atoms with E-state index in [2.05, 4.69) is 5.32 Å². The summed E-state index contributed by atoms with van der Waals surface area (Å²) in [6, 6.07) is 5.05. The lowest BCUT2D eigenvalue weighted by atomic mass is 10.2. The Balaban J connectivity index is 2.45. The molecule has 0 fully saturated rings. The van der Waals surface area contributed by atoms with Gasteiger partial charge in [0.25, 0.3) is 0 Å². The molecule has 2 nitrogen and oxygen atoms in total. The molecule has 1 rings (SSSR count). The second-order valence-corrected chi connectivity index (χ2v) is 4.03. The standard InChI is InChI=1S/C12H17ClFNO/c1-3-16-8-9(2)15-7-10-5-4-6-11(14)12(10)13/h4-6,9,15H,3,7-8H2,1-2H3. The van der Waals surface area contributed by atoms with Crippen molar-refractivity contribution in [3.05, 3.63) is 34.6 Å². The predicted molar refractivity (Wildman–Crippen MR) is 64.2 cm³/mol. The van der Waals surface area contributed by atoms with Crippen molar-refractivity contribution in [3.63, 3.8) is 0 Å². The molecule has 0 saturated heterocycles. The van der Waals surface area contributed by atoms with E-state index < -0.39 is 0 Å². The monoisotopic (exact) mass is 245 g/mol. The van der Waals surface area contributed by atoms with Gasteiger partial charge in [0.15, 0.2) is 0 Å². The highest BCUT2D eigenvalue weighted by Gasteiger charge is 2.07. The third-order valence-electron chi connectivity index (χ3n) is 2.24. The van der Waals surface area contributed by atoms with Gasteiger partial charge in [0.05, 0.1) is 11.6 Å². The van der Waals surface area contributed by atoms with Crippen LogP contribution in [0.15, 0.2) is 18.2 Å². The lowest BCUT2D eigenvalue weighted by Gasteiger charge is -2.14. The van der Waals surface area contributed by atoms with Crippen molar-refractivity contribution in [2.45, 2.75) is 26.4 Å². The normalized spacial score (nSPS) is 12.8. The molecule has 0 aliphatic rings. The largest absolute Gasteiger partial charge is 0.380 e. The summed E-state index contributed by atoms with van der Waals surface area (Å²) in [4.78, 5) is 0. The number of benzene rings is 1. The summed E-state index contributed by atoms with van der Waals surface area (Å²) < 4.78 is 18.4. The van der Waals surface area contributed by atoms with Crippen molar-refractivity contribution < 1.29 is 9.13 Å². The molecule has 0 heterocycles. The third kappa shape index (κ3) is 4.08. The Hall–Kier alpha value is -0.640. The molecular formula is C12H17ClFNO. The molecule has 90 valence electrons. The van der Waals surface area contributed by atoms with Crippen LogP contribution in [0.4, 0.5) is 4.39 Å². The Morgan fingerprint density at radius 3 is 2.94 bits per heavy atom. The van der Waals surface area contributed by atoms with Gasteiger partial charge in [-0.05, 0) is 25.5 Å². The van der Waals surface area contributed by atoms with Crippen LogP contribution in [0.3, 0.4) is 0 Å². The number of hydrogen-bond acceptors (Lipinski definition) is 2. The Bertz CT molecular complexity index is 333. The van der Waals surface area contributed by atoms with Gasteiger partial charge in [-0.2, -0.15) is 0 Å². The van der Waals surface area contributed by atoms with E-state index in [1.54, 1.807) is 6.07 Å². The average Bonchev–Trinajstić information content (AvgIpc) is 2.28. The minimum Gasteiger partial charge on any atom is -0.380 e. The van der Waals surface area contributed by atoms with E-state index in [1.165, 1.54) is 6.07 Å². The molecule has 16 heavy (non-hydrogen) atoms. The van der Waals surface area contributed by atoms with Crippen LogP contribution in [0.1, 0.15) is 19.4 Å². The molecule has 0 aromatic heterocycles. The summed E-state index contributed by atoms with van der Waals surface area (Å²) in [7, 11) is 0. The predicted octanol–water partition coefficient (Wildman–Crippen LogP) is 2.99. The van der Waals surface area contributed by atoms with E-state index in [9.17, 15) is 4.39 Å². The fourth-order valence-corrected chi connectivity index (χ4v) is 1.52. The third-order valence-corrected chi connectivity index (χ3v) is 2.67.